The minimum absolute atomic E-state index is 0.461. The molecule has 0 aliphatic heterocycles. The average molecular weight is 234 g/mol. The summed E-state index contributed by atoms with van der Waals surface area (Å²) in [4.78, 5) is 0. The maximum absolute atomic E-state index is 5.61. The summed E-state index contributed by atoms with van der Waals surface area (Å²) in [6.07, 6.45) is 2.92. The van der Waals surface area contributed by atoms with E-state index in [1.165, 1.54) is 5.56 Å². The summed E-state index contributed by atoms with van der Waals surface area (Å²) in [5, 5.41) is 0. The number of ether oxygens (including phenoxy) is 2. The second-order valence-electron chi connectivity index (χ2n) is 4.00. The molecular weight excluding hydrogens is 212 g/mol. The van der Waals surface area contributed by atoms with Crippen LogP contribution in [-0.4, -0.2) is 13.2 Å². The van der Waals surface area contributed by atoms with Crippen LogP contribution in [0.15, 0.2) is 30.9 Å². The first-order valence-corrected chi connectivity index (χ1v) is 6.23. The number of benzene rings is 1. The van der Waals surface area contributed by atoms with Gasteiger partial charge in [0.2, 0.25) is 0 Å². The van der Waals surface area contributed by atoms with E-state index in [1.54, 1.807) is 0 Å². The first kappa shape index (κ1) is 13.6. The first-order chi connectivity index (χ1) is 8.22. The second kappa shape index (κ2) is 7.00. The van der Waals surface area contributed by atoms with Crippen LogP contribution >= 0.6 is 0 Å². The van der Waals surface area contributed by atoms with Crippen LogP contribution in [-0.2, 0) is 0 Å². The van der Waals surface area contributed by atoms with Crippen molar-refractivity contribution in [1.82, 2.24) is 0 Å². The van der Waals surface area contributed by atoms with Crippen molar-refractivity contribution < 1.29 is 9.47 Å². The fourth-order valence-electron chi connectivity index (χ4n) is 1.76. The van der Waals surface area contributed by atoms with Gasteiger partial charge >= 0.3 is 0 Å². The Morgan fingerprint density at radius 2 is 1.82 bits per heavy atom. The van der Waals surface area contributed by atoms with Gasteiger partial charge in [0, 0.05) is 0 Å². The van der Waals surface area contributed by atoms with Gasteiger partial charge in [-0.05, 0) is 43.9 Å². The van der Waals surface area contributed by atoms with Crippen molar-refractivity contribution in [2.24, 2.45) is 0 Å². The zero-order valence-corrected chi connectivity index (χ0v) is 11.0. The molecule has 0 heterocycles. The smallest absolute Gasteiger partial charge is 0.161 e. The molecule has 0 fully saturated rings. The third-order valence-corrected chi connectivity index (χ3v) is 2.66. The van der Waals surface area contributed by atoms with Gasteiger partial charge in [0.05, 0.1) is 13.2 Å². The average Bonchev–Trinajstić information content (AvgIpc) is 2.32. The third-order valence-electron chi connectivity index (χ3n) is 2.66. The van der Waals surface area contributed by atoms with E-state index in [-0.39, 0.29) is 0 Å². The van der Waals surface area contributed by atoms with E-state index in [0.717, 1.165) is 17.9 Å². The molecule has 0 saturated heterocycles. The lowest BCUT2D eigenvalue weighted by atomic mass is 9.97. The number of hydrogen-bond acceptors (Lipinski definition) is 2. The van der Waals surface area contributed by atoms with Gasteiger partial charge in [0.1, 0.15) is 0 Å². The van der Waals surface area contributed by atoms with E-state index in [1.807, 2.05) is 26.0 Å². The molecule has 0 spiro atoms. The molecule has 0 aliphatic rings. The fourth-order valence-corrected chi connectivity index (χ4v) is 1.76. The molecule has 0 amide bonds. The van der Waals surface area contributed by atoms with Crippen LogP contribution in [0.3, 0.4) is 0 Å². The van der Waals surface area contributed by atoms with Crippen molar-refractivity contribution in [2.45, 2.75) is 33.1 Å². The molecule has 1 atom stereocenters. The SMILES string of the molecule is C=CCC(C)c1ccc(OCC)c(OCC)c1. The van der Waals surface area contributed by atoms with Gasteiger partial charge in [-0.2, -0.15) is 0 Å². The molecule has 0 saturated carbocycles. The second-order valence-corrected chi connectivity index (χ2v) is 4.00. The summed E-state index contributed by atoms with van der Waals surface area (Å²) in [6.45, 7) is 11.2. The van der Waals surface area contributed by atoms with E-state index >= 15 is 0 Å². The Morgan fingerprint density at radius 1 is 1.18 bits per heavy atom. The molecule has 94 valence electrons. The van der Waals surface area contributed by atoms with E-state index < -0.39 is 0 Å². The molecule has 0 bridgehead atoms. The van der Waals surface area contributed by atoms with Crippen molar-refractivity contribution in [3.8, 4) is 11.5 Å². The molecule has 2 nitrogen and oxygen atoms in total. The zero-order valence-electron chi connectivity index (χ0n) is 11.0. The monoisotopic (exact) mass is 234 g/mol. The molecule has 1 unspecified atom stereocenters. The molecule has 0 aromatic heterocycles. The van der Waals surface area contributed by atoms with Crippen molar-refractivity contribution in [2.75, 3.05) is 13.2 Å². The van der Waals surface area contributed by atoms with Gasteiger partial charge in [-0.15, -0.1) is 6.58 Å². The molecule has 0 N–H and O–H groups in total. The molecular formula is C15H22O2. The quantitative estimate of drug-likeness (QED) is 0.659. The zero-order chi connectivity index (χ0) is 12.7. The Balaban J connectivity index is 2.95. The maximum Gasteiger partial charge on any atom is 0.161 e. The molecule has 17 heavy (non-hydrogen) atoms. The van der Waals surface area contributed by atoms with Gasteiger partial charge in [-0.1, -0.05) is 19.1 Å². The minimum atomic E-state index is 0.461. The summed E-state index contributed by atoms with van der Waals surface area (Å²) in [7, 11) is 0. The van der Waals surface area contributed by atoms with Crippen molar-refractivity contribution in [1.29, 1.82) is 0 Å². The van der Waals surface area contributed by atoms with Crippen LogP contribution in [0.25, 0.3) is 0 Å². The van der Waals surface area contributed by atoms with E-state index in [9.17, 15) is 0 Å². The lowest BCUT2D eigenvalue weighted by Gasteiger charge is -2.15. The topological polar surface area (TPSA) is 18.5 Å². The van der Waals surface area contributed by atoms with Crippen LogP contribution in [0.4, 0.5) is 0 Å². The molecule has 0 radical (unpaired) electrons. The fraction of sp³-hybridized carbons (Fsp3) is 0.467. The van der Waals surface area contributed by atoms with Gasteiger partial charge < -0.3 is 9.47 Å². The number of hydrogen-bond donors (Lipinski definition) is 0. The summed E-state index contributed by atoms with van der Waals surface area (Å²) >= 11 is 0. The van der Waals surface area contributed by atoms with Gasteiger partial charge in [0.25, 0.3) is 0 Å². The Hall–Kier alpha value is -1.44. The normalized spacial score (nSPS) is 11.9. The Morgan fingerprint density at radius 3 is 2.41 bits per heavy atom. The highest BCUT2D eigenvalue weighted by atomic mass is 16.5. The predicted molar refractivity (Wildman–Crippen MR) is 72.0 cm³/mol. The van der Waals surface area contributed by atoms with Gasteiger partial charge in [-0.3, -0.25) is 0 Å². The van der Waals surface area contributed by atoms with E-state index in [0.29, 0.717) is 19.1 Å². The lowest BCUT2D eigenvalue weighted by molar-refractivity contribution is 0.287. The predicted octanol–water partition coefficient (Wildman–Crippen LogP) is 4.16. The molecule has 1 aromatic carbocycles. The van der Waals surface area contributed by atoms with E-state index in [4.69, 9.17) is 9.47 Å². The highest BCUT2D eigenvalue weighted by Gasteiger charge is 2.09. The molecule has 1 rings (SSSR count). The summed E-state index contributed by atoms with van der Waals surface area (Å²) in [6, 6.07) is 6.16. The van der Waals surface area contributed by atoms with Crippen molar-refractivity contribution in [3.63, 3.8) is 0 Å². The molecule has 0 aliphatic carbocycles. The summed E-state index contributed by atoms with van der Waals surface area (Å²) in [5.41, 5.74) is 1.26. The molecule has 2 heteroatoms. The van der Waals surface area contributed by atoms with Crippen molar-refractivity contribution >= 4 is 0 Å². The Bertz CT molecular complexity index is 358. The maximum atomic E-state index is 5.61. The van der Waals surface area contributed by atoms with Crippen molar-refractivity contribution in [3.05, 3.63) is 36.4 Å². The number of rotatable bonds is 7. The number of allylic oxidation sites excluding steroid dienone is 1. The third kappa shape index (κ3) is 3.81. The van der Waals surface area contributed by atoms with Crippen LogP contribution in [0, 0.1) is 0 Å². The van der Waals surface area contributed by atoms with Crippen LogP contribution in [0.1, 0.15) is 38.7 Å². The van der Waals surface area contributed by atoms with Gasteiger partial charge in [-0.25, -0.2) is 0 Å². The van der Waals surface area contributed by atoms with Crippen LogP contribution in [0.5, 0.6) is 11.5 Å². The van der Waals surface area contributed by atoms with Gasteiger partial charge in [0.15, 0.2) is 11.5 Å². The van der Waals surface area contributed by atoms with E-state index in [2.05, 4.69) is 25.6 Å². The lowest BCUT2D eigenvalue weighted by Crippen LogP contribution is -2.00. The largest absolute Gasteiger partial charge is 0.490 e. The summed E-state index contributed by atoms with van der Waals surface area (Å²) in [5.74, 6) is 2.12. The summed E-state index contributed by atoms with van der Waals surface area (Å²) < 4.78 is 11.1. The Labute approximate surface area is 104 Å². The van der Waals surface area contributed by atoms with Crippen LogP contribution < -0.4 is 9.47 Å². The van der Waals surface area contributed by atoms with Crippen LogP contribution in [0.2, 0.25) is 0 Å². The first-order valence-electron chi connectivity index (χ1n) is 6.23. The highest BCUT2D eigenvalue weighted by Crippen LogP contribution is 2.32. The Kier molecular flexibility index (Phi) is 5.61. The molecule has 1 aromatic rings. The minimum Gasteiger partial charge on any atom is -0.490 e. The highest BCUT2D eigenvalue weighted by molar-refractivity contribution is 5.44. The standard InChI is InChI=1S/C15H22O2/c1-5-8-12(4)13-9-10-14(16-6-2)15(11-13)17-7-3/h5,9-12H,1,6-8H2,2-4H3.